The van der Waals surface area contributed by atoms with Crippen molar-refractivity contribution in [3.63, 3.8) is 0 Å². The molecule has 0 saturated carbocycles. The Balaban J connectivity index is 1.61. The molecule has 3 heterocycles. The van der Waals surface area contributed by atoms with E-state index in [1.54, 1.807) is 0 Å². The predicted octanol–water partition coefficient (Wildman–Crippen LogP) is 2.90. The second kappa shape index (κ2) is 9.60. The van der Waals surface area contributed by atoms with Gasteiger partial charge >= 0.3 is 0 Å². The van der Waals surface area contributed by atoms with Crippen molar-refractivity contribution in [1.29, 1.82) is 0 Å². The molecule has 152 valence electrons. The van der Waals surface area contributed by atoms with Crippen LogP contribution in [0.3, 0.4) is 0 Å². The van der Waals surface area contributed by atoms with Gasteiger partial charge < -0.3 is 19.4 Å². The SMILES string of the molecule is CN=C(NCC(c1ccc(C)o1)N1CCOCC1)N1CCC(CC(C)C)C1. The summed E-state index contributed by atoms with van der Waals surface area (Å²) in [7, 11) is 1.89. The topological polar surface area (TPSA) is 53.2 Å². The van der Waals surface area contributed by atoms with Crippen molar-refractivity contribution in [2.75, 3.05) is 53.0 Å². The van der Waals surface area contributed by atoms with Gasteiger partial charge in [-0.1, -0.05) is 13.8 Å². The van der Waals surface area contributed by atoms with Gasteiger partial charge in [0.1, 0.15) is 11.5 Å². The summed E-state index contributed by atoms with van der Waals surface area (Å²) in [5.74, 6) is 4.55. The Labute approximate surface area is 163 Å². The Morgan fingerprint density at radius 3 is 2.67 bits per heavy atom. The molecule has 0 spiro atoms. The third kappa shape index (κ3) is 5.48. The quantitative estimate of drug-likeness (QED) is 0.611. The fraction of sp³-hybridized carbons (Fsp3) is 0.762. The number of aliphatic imine (C=N–C) groups is 1. The van der Waals surface area contributed by atoms with Crippen LogP contribution in [0.25, 0.3) is 0 Å². The Hall–Kier alpha value is -1.53. The Morgan fingerprint density at radius 1 is 1.26 bits per heavy atom. The minimum absolute atomic E-state index is 0.202. The molecule has 0 radical (unpaired) electrons. The lowest BCUT2D eigenvalue weighted by Crippen LogP contribution is -2.47. The highest BCUT2D eigenvalue weighted by atomic mass is 16.5. The van der Waals surface area contributed by atoms with Crippen LogP contribution in [0.1, 0.15) is 44.3 Å². The second-order valence-electron chi connectivity index (χ2n) is 8.27. The molecule has 2 saturated heterocycles. The monoisotopic (exact) mass is 376 g/mol. The summed E-state index contributed by atoms with van der Waals surface area (Å²) in [5, 5.41) is 3.62. The largest absolute Gasteiger partial charge is 0.465 e. The van der Waals surface area contributed by atoms with E-state index in [9.17, 15) is 0 Å². The van der Waals surface area contributed by atoms with Gasteiger partial charge in [0.15, 0.2) is 5.96 Å². The van der Waals surface area contributed by atoms with Crippen LogP contribution in [0.4, 0.5) is 0 Å². The molecule has 6 heteroatoms. The van der Waals surface area contributed by atoms with Gasteiger partial charge in [0.2, 0.25) is 0 Å². The number of furan rings is 1. The Morgan fingerprint density at radius 2 is 2.04 bits per heavy atom. The highest BCUT2D eigenvalue weighted by Crippen LogP contribution is 2.25. The van der Waals surface area contributed by atoms with Crippen LogP contribution in [0.2, 0.25) is 0 Å². The smallest absolute Gasteiger partial charge is 0.193 e. The summed E-state index contributed by atoms with van der Waals surface area (Å²) in [6.07, 6.45) is 2.57. The molecule has 6 nitrogen and oxygen atoms in total. The summed E-state index contributed by atoms with van der Waals surface area (Å²) in [6.45, 7) is 13.1. The third-order valence-corrected chi connectivity index (χ3v) is 5.63. The first-order valence-corrected chi connectivity index (χ1v) is 10.4. The first-order chi connectivity index (χ1) is 13.1. The number of ether oxygens (including phenoxy) is 1. The standard InChI is InChI=1S/C21H36N4O2/c1-16(2)13-18-7-8-25(15-18)21(22-4)23-14-19(20-6-5-17(3)27-20)24-9-11-26-12-10-24/h5-6,16,18-19H,7-15H2,1-4H3,(H,22,23). The number of morpholine rings is 1. The zero-order chi connectivity index (χ0) is 19.2. The summed E-state index contributed by atoms with van der Waals surface area (Å²) in [4.78, 5) is 9.42. The zero-order valence-corrected chi connectivity index (χ0v) is 17.4. The first-order valence-electron chi connectivity index (χ1n) is 10.4. The number of aryl methyl sites for hydroxylation is 1. The minimum atomic E-state index is 0.202. The van der Waals surface area contributed by atoms with E-state index in [-0.39, 0.29) is 6.04 Å². The van der Waals surface area contributed by atoms with E-state index in [0.717, 1.165) is 75.3 Å². The van der Waals surface area contributed by atoms with Gasteiger partial charge in [0.05, 0.1) is 19.3 Å². The van der Waals surface area contributed by atoms with Crippen molar-refractivity contribution in [3.8, 4) is 0 Å². The number of likely N-dealkylation sites (tertiary alicyclic amines) is 1. The van der Waals surface area contributed by atoms with Crippen LogP contribution in [-0.4, -0.2) is 68.7 Å². The molecule has 27 heavy (non-hydrogen) atoms. The summed E-state index contributed by atoms with van der Waals surface area (Å²) < 4.78 is 11.5. The maximum absolute atomic E-state index is 5.98. The molecule has 2 aliphatic heterocycles. The van der Waals surface area contributed by atoms with Gasteiger partial charge in [-0.25, -0.2) is 0 Å². The molecule has 0 aliphatic carbocycles. The molecule has 1 aromatic rings. The van der Waals surface area contributed by atoms with E-state index < -0.39 is 0 Å². The van der Waals surface area contributed by atoms with Crippen molar-refractivity contribution in [2.24, 2.45) is 16.8 Å². The van der Waals surface area contributed by atoms with E-state index in [0.29, 0.717) is 0 Å². The van der Waals surface area contributed by atoms with Crippen LogP contribution >= 0.6 is 0 Å². The maximum atomic E-state index is 5.98. The third-order valence-electron chi connectivity index (χ3n) is 5.63. The van der Waals surface area contributed by atoms with E-state index in [1.165, 1.54) is 12.8 Å². The van der Waals surface area contributed by atoms with E-state index in [2.05, 4.69) is 46.1 Å². The van der Waals surface area contributed by atoms with Crippen molar-refractivity contribution in [3.05, 3.63) is 23.7 Å². The molecule has 0 aromatic carbocycles. The number of guanidine groups is 1. The molecule has 0 amide bonds. The lowest BCUT2D eigenvalue weighted by atomic mass is 9.97. The molecule has 2 unspecified atom stereocenters. The normalized spacial score (nSPS) is 23.2. The summed E-state index contributed by atoms with van der Waals surface area (Å²) in [5.41, 5.74) is 0. The Kier molecular flexibility index (Phi) is 7.19. The van der Waals surface area contributed by atoms with Crippen molar-refractivity contribution < 1.29 is 9.15 Å². The fourth-order valence-corrected chi connectivity index (χ4v) is 4.34. The van der Waals surface area contributed by atoms with Crippen molar-refractivity contribution in [2.45, 2.75) is 39.7 Å². The molecule has 2 atom stereocenters. The highest BCUT2D eigenvalue weighted by Gasteiger charge is 2.28. The molecule has 2 aliphatic rings. The molecule has 1 aromatic heterocycles. The lowest BCUT2D eigenvalue weighted by molar-refractivity contribution is 0.0123. The number of rotatable bonds is 6. The predicted molar refractivity (Wildman–Crippen MR) is 109 cm³/mol. The van der Waals surface area contributed by atoms with Gasteiger partial charge in [-0.2, -0.15) is 0 Å². The number of nitrogens with one attached hydrogen (secondary N) is 1. The van der Waals surface area contributed by atoms with Crippen LogP contribution in [-0.2, 0) is 4.74 Å². The van der Waals surface area contributed by atoms with Crippen LogP contribution in [0.5, 0.6) is 0 Å². The van der Waals surface area contributed by atoms with E-state index in [1.807, 2.05) is 14.0 Å². The molecule has 0 bridgehead atoms. The van der Waals surface area contributed by atoms with Crippen LogP contribution in [0, 0.1) is 18.8 Å². The van der Waals surface area contributed by atoms with E-state index in [4.69, 9.17) is 9.15 Å². The average Bonchev–Trinajstić information content (AvgIpc) is 3.28. The fourth-order valence-electron chi connectivity index (χ4n) is 4.34. The second-order valence-corrected chi connectivity index (χ2v) is 8.27. The molecule has 1 N–H and O–H groups in total. The number of nitrogens with zero attached hydrogens (tertiary/aromatic N) is 3. The number of hydrogen-bond acceptors (Lipinski definition) is 4. The van der Waals surface area contributed by atoms with Gasteiger partial charge in [0.25, 0.3) is 0 Å². The molecular formula is C21H36N4O2. The average molecular weight is 377 g/mol. The van der Waals surface area contributed by atoms with Crippen molar-refractivity contribution >= 4 is 5.96 Å². The van der Waals surface area contributed by atoms with Crippen LogP contribution in [0.15, 0.2) is 21.5 Å². The van der Waals surface area contributed by atoms with E-state index >= 15 is 0 Å². The molecule has 3 rings (SSSR count). The Bertz CT molecular complexity index is 607. The van der Waals surface area contributed by atoms with Crippen molar-refractivity contribution in [1.82, 2.24) is 15.1 Å². The van der Waals surface area contributed by atoms with Crippen LogP contribution < -0.4 is 5.32 Å². The lowest BCUT2D eigenvalue weighted by Gasteiger charge is -2.34. The van der Waals surface area contributed by atoms with Gasteiger partial charge in [-0.3, -0.25) is 9.89 Å². The molecule has 2 fully saturated rings. The van der Waals surface area contributed by atoms with Gasteiger partial charge in [0, 0.05) is 39.8 Å². The summed E-state index contributed by atoms with van der Waals surface area (Å²) in [6, 6.07) is 4.36. The number of hydrogen-bond donors (Lipinski definition) is 1. The van der Waals surface area contributed by atoms with Gasteiger partial charge in [-0.15, -0.1) is 0 Å². The molecular weight excluding hydrogens is 340 g/mol. The summed E-state index contributed by atoms with van der Waals surface area (Å²) >= 11 is 0. The minimum Gasteiger partial charge on any atom is -0.465 e. The van der Waals surface area contributed by atoms with Gasteiger partial charge in [-0.05, 0) is 43.7 Å². The first kappa shape index (κ1) is 20.2. The maximum Gasteiger partial charge on any atom is 0.193 e. The zero-order valence-electron chi connectivity index (χ0n) is 17.4. The highest BCUT2D eigenvalue weighted by molar-refractivity contribution is 5.80.